The summed E-state index contributed by atoms with van der Waals surface area (Å²) < 4.78 is 10.9. The van der Waals surface area contributed by atoms with Gasteiger partial charge in [0.15, 0.2) is 6.29 Å². The molecule has 2 aromatic rings. The Morgan fingerprint density at radius 1 is 1.13 bits per heavy atom. The third-order valence-corrected chi connectivity index (χ3v) is 4.31. The number of aldehydes is 1. The van der Waals surface area contributed by atoms with Gasteiger partial charge in [0.2, 0.25) is 0 Å². The Morgan fingerprint density at radius 3 is 2.74 bits per heavy atom. The van der Waals surface area contributed by atoms with Crippen LogP contribution in [0.2, 0.25) is 0 Å². The molecule has 0 spiro atoms. The van der Waals surface area contributed by atoms with Gasteiger partial charge in [-0.2, -0.15) is 0 Å². The number of hydrogen-bond acceptors (Lipinski definition) is 4. The summed E-state index contributed by atoms with van der Waals surface area (Å²) in [5.41, 5.74) is 2.85. The lowest BCUT2D eigenvalue weighted by Crippen LogP contribution is -2.11. The molecule has 0 unspecified atom stereocenters. The lowest BCUT2D eigenvalue weighted by atomic mass is 9.87. The zero-order valence-corrected chi connectivity index (χ0v) is 12.6. The van der Waals surface area contributed by atoms with Crippen LogP contribution in [0, 0.1) is 0 Å². The molecule has 114 valence electrons. The van der Waals surface area contributed by atoms with E-state index in [1.165, 1.54) is 7.11 Å². The van der Waals surface area contributed by atoms with E-state index < -0.39 is 5.97 Å². The third kappa shape index (κ3) is 1.91. The first-order valence-corrected chi connectivity index (χ1v) is 7.46. The first-order valence-electron chi connectivity index (χ1n) is 7.46. The SMILES string of the molecule is COC(=O)c1ccc2c3c(ccc(C=O)c13)C1=CCCC=C1O2. The fourth-order valence-corrected chi connectivity index (χ4v) is 3.29. The Kier molecular flexibility index (Phi) is 3.05. The fraction of sp³-hybridized carbons (Fsp3) is 0.158. The Morgan fingerprint density at radius 2 is 1.96 bits per heavy atom. The van der Waals surface area contributed by atoms with Crippen LogP contribution in [-0.2, 0) is 4.74 Å². The van der Waals surface area contributed by atoms with Gasteiger partial charge in [-0.25, -0.2) is 4.79 Å². The number of ether oxygens (including phenoxy) is 2. The highest BCUT2D eigenvalue weighted by Gasteiger charge is 2.27. The third-order valence-electron chi connectivity index (χ3n) is 4.31. The van der Waals surface area contributed by atoms with Crippen LogP contribution >= 0.6 is 0 Å². The van der Waals surface area contributed by atoms with Crippen molar-refractivity contribution in [1.29, 1.82) is 0 Å². The number of benzene rings is 2. The quantitative estimate of drug-likeness (QED) is 0.624. The van der Waals surface area contributed by atoms with Crippen molar-refractivity contribution in [2.75, 3.05) is 7.11 Å². The van der Waals surface area contributed by atoms with Crippen LogP contribution in [0.4, 0.5) is 0 Å². The maximum absolute atomic E-state index is 12.1. The molecular weight excluding hydrogens is 292 g/mol. The zero-order chi connectivity index (χ0) is 16.0. The zero-order valence-electron chi connectivity index (χ0n) is 12.6. The van der Waals surface area contributed by atoms with Crippen molar-refractivity contribution < 1.29 is 19.1 Å². The summed E-state index contributed by atoms with van der Waals surface area (Å²) in [6.07, 6.45) is 6.87. The highest BCUT2D eigenvalue weighted by atomic mass is 16.5. The van der Waals surface area contributed by atoms with Crippen molar-refractivity contribution in [2.45, 2.75) is 12.8 Å². The molecule has 0 saturated heterocycles. The van der Waals surface area contributed by atoms with Gasteiger partial charge in [0.25, 0.3) is 0 Å². The molecule has 0 bridgehead atoms. The summed E-state index contributed by atoms with van der Waals surface area (Å²) in [6, 6.07) is 7.08. The van der Waals surface area contributed by atoms with Crippen LogP contribution in [-0.4, -0.2) is 19.4 Å². The van der Waals surface area contributed by atoms with E-state index in [1.54, 1.807) is 18.2 Å². The first kappa shape index (κ1) is 13.8. The average molecular weight is 306 g/mol. The van der Waals surface area contributed by atoms with E-state index in [9.17, 15) is 9.59 Å². The van der Waals surface area contributed by atoms with Crippen LogP contribution in [0.15, 0.2) is 42.2 Å². The second-order valence-corrected chi connectivity index (χ2v) is 5.54. The van der Waals surface area contributed by atoms with Crippen molar-refractivity contribution in [1.82, 2.24) is 0 Å². The molecule has 4 nitrogen and oxygen atoms in total. The normalized spacial score (nSPS) is 15.2. The number of hydrogen-bond donors (Lipinski definition) is 0. The van der Waals surface area contributed by atoms with Crippen LogP contribution in [0.25, 0.3) is 16.3 Å². The molecule has 0 amide bonds. The molecule has 1 aliphatic heterocycles. The van der Waals surface area contributed by atoms with Crippen LogP contribution in [0.1, 0.15) is 39.1 Å². The van der Waals surface area contributed by atoms with Crippen LogP contribution < -0.4 is 4.74 Å². The summed E-state index contributed by atoms with van der Waals surface area (Å²) in [6.45, 7) is 0. The Bertz CT molecular complexity index is 919. The molecule has 1 heterocycles. The van der Waals surface area contributed by atoms with Crippen molar-refractivity contribution in [3.63, 3.8) is 0 Å². The number of esters is 1. The predicted octanol–water partition coefficient (Wildman–Crippen LogP) is 3.89. The summed E-state index contributed by atoms with van der Waals surface area (Å²) in [4.78, 5) is 23.6. The van der Waals surface area contributed by atoms with Crippen LogP contribution in [0.5, 0.6) is 5.75 Å². The van der Waals surface area contributed by atoms with Crippen molar-refractivity contribution in [3.05, 3.63) is 58.9 Å². The van der Waals surface area contributed by atoms with Crippen LogP contribution in [0.3, 0.4) is 0 Å². The lowest BCUT2D eigenvalue weighted by Gasteiger charge is -2.26. The van der Waals surface area contributed by atoms with Gasteiger partial charge in [0, 0.05) is 21.9 Å². The van der Waals surface area contributed by atoms with E-state index in [0.29, 0.717) is 22.3 Å². The monoisotopic (exact) mass is 306 g/mol. The largest absolute Gasteiger partial charge is 0.465 e. The number of carbonyl (C=O) groups excluding carboxylic acids is 2. The first-order chi connectivity index (χ1) is 11.2. The number of allylic oxidation sites excluding steroid dienone is 3. The second kappa shape index (κ2) is 5.09. The van der Waals surface area contributed by atoms with E-state index in [0.717, 1.165) is 41.4 Å². The number of carbonyl (C=O) groups is 2. The minimum Gasteiger partial charge on any atom is -0.465 e. The molecule has 0 aromatic heterocycles. The van der Waals surface area contributed by atoms with E-state index in [1.807, 2.05) is 6.07 Å². The molecule has 0 radical (unpaired) electrons. The van der Waals surface area contributed by atoms with Gasteiger partial charge in [-0.15, -0.1) is 0 Å². The number of rotatable bonds is 2. The van der Waals surface area contributed by atoms with Gasteiger partial charge in [-0.3, -0.25) is 4.79 Å². The summed E-state index contributed by atoms with van der Waals surface area (Å²) in [5, 5.41) is 1.38. The number of fused-ring (bicyclic) bond motifs is 2. The van der Waals surface area contributed by atoms with Crippen molar-refractivity contribution >= 4 is 28.6 Å². The summed E-state index contributed by atoms with van der Waals surface area (Å²) in [5.74, 6) is 1.04. The smallest absolute Gasteiger partial charge is 0.338 e. The molecule has 0 N–H and O–H groups in total. The number of methoxy groups -OCH3 is 1. The summed E-state index contributed by atoms with van der Waals surface area (Å²) in [7, 11) is 1.33. The van der Waals surface area contributed by atoms with Gasteiger partial charge < -0.3 is 9.47 Å². The van der Waals surface area contributed by atoms with Crippen molar-refractivity contribution in [3.8, 4) is 5.75 Å². The molecule has 0 saturated carbocycles. The van der Waals surface area contributed by atoms with Gasteiger partial charge >= 0.3 is 5.97 Å². The standard InChI is InChI=1S/C19H14O4/c1-22-19(21)14-8-9-16-18-13(7-6-11(10-20)17(14)18)12-4-2-3-5-15(12)23-16/h4-10H,2-3H2,1H3. The van der Waals surface area contributed by atoms with Gasteiger partial charge in [0.1, 0.15) is 11.5 Å². The molecular formula is C19H14O4. The minimum atomic E-state index is -0.462. The lowest BCUT2D eigenvalue weighted by molar-refractivity contribution is 0.0603. The maximum Gasteiger partial charge on any atom is 0.338 e. The Hall–Kier alpha value is -2.88. The molecule has 2 aromatic carbocycles. The Labute approximate surface area is 133 Å². The maximum atomic E-state index is 12.1. The van der Waals surface area contributed by atoms with E-state index in [4.69, 9.17) is 9.47 Å². The van der Waals surface area contributed by atoms with E-state index in [2.05, 4.69) is 12.2 Å². The molecule has 1 aliphatic carbocycles. The molecule has 0 atom stereocenters. The van der Waals surface area contributed by atoms with Gasteiger partial charge in [-0.1, -0.05) is 18.2 Å². The fourth-order valence-electron chi connectivity index (χ4n) is 3.29. The molecule has 23 heavy (non-hydrogen) atoms. The van der Waals surface area contributed by atoms with Gasteiger partial charge in [-0.05, 0) is 36.6 Å². The molecule has 4 rings (SSSR count). The topological polar surface area (TPSA) is 52.6 Å². The second-order valence-electron chi connectivity index (χ2n) is 5.54. The molecule has 0 fully saturated rings. The van der Waals surface area contributed by atoms with Crippen molar-refractivity contribution in [2.24, 2.45) is 0 Å². The molecule has 2 aliphatic rings. The average Bonchev–Trinajstić information content (AvgIpc) is 2.61. The summed E-state index contributed by atoms with van der Waals surface area (Å²) >= 11 is 0. The van der Waals surface area contributed by atoms with E-state index in [-0.39, 0.29) is 0 Å². The predicted molar refractivity (Wildman–Crippen MR) is 86.6 cm³/mol. The Balaban J connectivity index is 2.13. The van der Waals surface area contributed by atoms with Gasteiger partial charge in [0.05, 0.1) is 12.7 Å². The highest BCUT2D eigenvalue weighted by molar-refractivity contribution is 6.16. The highest BCUT2D eigenvalue weighted by Crippen LogP contribution is 2.45. The minimum absolute atomic E-state index is 0.377. The van der Waals surface area contributed by atoms with E-state index >= 15 is 0 Å². The molecule has 4 heteroatoms.